The fourth-order valence-electron chi connectivity index (χ4n) is 2.88. The number of likely N-dealkylation sites (N-methyl/N-ethyl adjacent to an activating group) is 1. The van der Waals surface area contributed by atoms with Crippen LogP contribution in [0.25, 0.3) is 0 Å². The lowest BCUT2D eigenvalue weighted by atomic mass is 10.2. The Morgan fingerprint density at radius 3 is 2.38 bits per heavy atom. The van der Waals surface area contributed by atoms with Gasteiger partial charge in [-0.15, -0.1) is 0 Å². The maximum absolute atomic E-state index is 4.72. The van der Waals surface area contributed by atoms with Crippen molar-refractivity contribution in [2.24, 2.45) is 4.99 Å². The Balaban J connectivity index is 1.69. The van der Waals surface area contributed by atoms with Gasteiger partial charge in [-0.05, 0) is 26.3 Å². The van der Waals surface area contributed by atoms with Crippen LogP contribution in [0.4, 0.5) is 0 Å². The first-order chi connectivity index (χ1) is 10.3. The van der Waals surface area contributed by atoms with Crippen molar-refractivity contribution in [3.8, 4) is 0 Å². The number of hydrogen-bond donors (Lipinski definition) is 2. The van der Waals surface area contributed by atoms with Crippen LogP contribution in [0.1, 0.15) is 26.7 Å². The van der Waals surface area contributed by atoms with E-state index in [4.69, 9.17) is 4.99 Å². The van der Waals surface area contributed by atoms with Gasteiger partial charge in [0.1, 0.15) is 0 Å². The molecule has 2 N–H and O–H groups in total. The third-order valence-corrected chi connectivity index (χ3v) is 4.29. The summed E-state index contributed by atoms with van der Waals surface area (Å²) in [6.07, 6.45) is 6.72. The van der Waals surface area contributed by atoms with Gasteiger partial charge in [0.15, 0.2) is 5.96 Å². The van der Waals surface area contributed by atoms with Gasteiger partial charge >= 0.3 is 0 Å². The number of aliphatic imine (C=N–C) groups is 1. The van der Waals surface area contributed by atoms with Crippen LogP contribution >= 0.6 is 0 Å². The highest BCUT2D eigenvalue weighted by atomic mass is 15.3. The third-order valence-electron chi connectivity index (χ3n) is 4.29. The van der Waals surface area contributed by atoms with Crippen molar-refractivity contribution < 1.29 is 0 Å². The van der Waals surface area contributed by atoms with Crippen LogP contribution in [0, 0.1) is 0 Å². The normalized spacial score (nSPS) is 21.9. The molecule has 1 fully saturated rings. The van der Waals surface area contributed by atoms with Crippen LogP contribution in [0.2, 0.25) is 0 Å². The van der Waals surface area contributed by atoms with Crippen molar-refractivity contribution >= 4 is 5.96 Å². The number of nitrogens with zero attached hydrogens (tertiary/aromatic N) is 3. The SMILES string of the molecule is CCNC(=NCCN1CCN(CC)CC1)NC1CC=CC1. The molecular weight excluding hydrogens is 262 g/mol. The van der Waals surface area contributed by atoms with Crippen LogP contribution in [-0.2, 0) is 0 Å². The van der Waals surface area contributed by atoms with Crippen molar-refractivity contribution in [3.05, 3.63) is 12.2 Å². The van der Waals surface area contributed by atoms with Gasteiger partial charge in [-0.3, -0.25) is 9.89 Å². The molecule has 0 aromatic rings. The molecule has 0 atom stereocenters. The monoisotopic (exact) mass is 293 g/mol. The summed E-state index contributed by atoms with van der Waals surface area (Å²) in [4.78, 5) is 9.76. The Morgan fingerprint density at radius 2 is 1.76 bits per heavy atom. The van der Waals surface area contributed by atoms with E-state index >= 15 is 0 Å². The van der Waals surface area contributed by atoms with Gasteiger partial charge in [0.2, 0.25) is 0 Å². The Bertz CT molecular complexity index is 337. The van der Waals surface area contributed by atoms with Crippen LogP contribution < -0.4 is 10.6 Å². The predicted molar refractivity (Wildman–Crippen MR) is 89.8 cm³/mol. The highest BCUT2D eigenvalue weighted by Gasteiger charge is 2.15. The molecule has 1 saturated heterocycles. The molecular formula is C16H31N5. The molecule has 0 radical (unpaired) electrons. The minimum atomic E-state index is 0.524. The van der Waals surface area contributed by atoms with Gasteiger partial charge in [-0.2, -0.15) is 0 Å². The molecule has 2 rings (SSSR count). The molecule has 1 aliphatic carbocycles. The molecule has 120 valence electrons. The zero-order valence-corrected chi connectivity index (χ0v) is 13.6. The summed E-state index contributed by atoms with van der Waals surface area (Å²) in [6, 6.07) is 0.524. The Morgan fingerprint density at radius 1 is 1.10 bits per heavy atom. The minimum absolute atomic E-state index is 0.524. The van der Waals surface area contributed by atoms with Gasteiger partial charge in [0, 0.05) is 45.3 Å². The maximum Gasteiger partial charge on any atom is 0.191 e. The molecule has 2 aliphatic rings. The van der Waals surface area contributed by atoms with E-state index in [1.165, 1.54) is 32.7 Å². The number of hydrogen-bond acceptors (Lipinski definition) is 3. The quantitative estimate of drug-likeness (QED) is 0.434. The first-order valence-electron chi connectivity index (χ1n) is 8.46. The lowest BCUT2D eigenvalue weighted by molar-refractivity contribution is 0.140. The predicted octanol–water partition coefficient (Wildman–Crippen LogP) is 0.898. The van der Waals surface area contributed by atoms with Gasteiger partial charge in [-0.1, -0.05) is 19.1 Å². The molecule has 21 heavy (non-hydrogen) atoms. The number of piperazine rings is 1. The van der Waals surface area contributed by atoms with Crippen LogP contribution in [0.5, 0.6) is 0 Å². The van der Waals surface area contributed by atoms with Crippen LogP contribution in [0.15, 0.2) is 17.1 Å². The molecule has 0 spiro atoms. The topological polar surface area (TPSA) is 42.9 Å². The third kappa shape index (κ3) is 5.67. The minimum Gasteiger partial charge on any atom is -0.357 e. The standard InChI is InChI=1S/C16H31N5/c1-3-17-16(19-15-7-5-6-8-15)18-9-10-21-13-11-20(4-2)12-14-21/h5-6,15H,3-4,7-14H2,1-2H3,(H2,17,18,19). The lowest BCUT2D eigenvalue weighted by Gasteiger charge is -2.33. The molecule has 0 amide bonds. The molecule has 0 bridgehead atoms. The van der Waals surface area contributed by atoms with Crippen molar-refractivity contribution in [2.75, 3.05) is 52.4 Å². The van der Waals surface area contributed by atoms with E-state index in [0.717, 1.165) is 38.4 Å². The largest absolute Gasteiger partial charge is 0.357 e. The summed E-state index contributed by atoms with van der Waals surface area (Å²) in [6.45, 7) is 13.2. The lowest BCUT2D eigenvalue weighted by Crippen LogP contribution is -2.47. The Labute approximate surface area is 129 Å². The first-order valence-corrected chi connectivity index (χ1v) is 8.46. The average molecular weight is 293 g/mol. The maximum atomic E-state index is 4.72. The molecule has 5 heteroatoms. The van der Waals surface area contributed by atoms with Gasteiger partial charge < -0.3 is 15.5 Å². The van der Waals surface area contributed by atoms with E-state index < -0.39 is 0 Å². The zero-order chi connectivity index (χ0) is 14.9. The van der Waals surface area contributed by atoms with Gasteiger partial charge in [-0.25, -0.2) is 0 Å². The fourth-order valence-corrected chi connectivity index (χ4v) is 2.88. The first kappa shape index (κ1) is 16.3. The van der Waals surface area contributed by atoms with Crippen molar-refractivity contribution in [3.63, 3.8) is 0 Å². The summed E-state index contributed by atoms with van der Waals surface area (Å²) in [5.74, 6) is 0.971. The average Bonchev–Trinajstić information content (AvgIpc) is 3.01. The number of rotatable bonds is 6. The van der Waals surface area contributed by atoms with Crippen LogP contribution in [-0.4, -0.2) is 74.2 Å². The molecule has 0 saturated carbocycles. The summed E-state index contributed by atoms with van der Waals surface area (Å²) in [5, 5.41) is 6.87. The summed E-state index contributed by atoms with van der Waals surface area (Å²) in [5.41, 5.74) is 0. The summed E-state index contributed by atoms with van der Waals surface area (Å²) < 4.78 is 0. The smallest absolute Gasteiger partial charge is 0.191 e. The van der Waals surface area contributed by atoms with Crippen molar-refractivity contribution in [1.29, 1.82) is 0 Å². The second-order valence-corrected chi connectivity index (χ2v) is 5.82. The molecule has 5 nitrogen and oxygen atoms in total. The molecule has 1 heterocycles. The van der Waals surface area contributed by atoms with Crippen molar-refractivity contribution in [2.45, 2.75) is 32.7 Å². The molecule has 0 aromatic heterocycles. The van der Waals surface area contributed by atoms with E-state index in [1.807, 2.05) is 0 Å². The summed E-state index contributed by atoms with van der Waals surface area (Å²) >= 11 is 0. The highest BCUT2D eigenvalue weighted by Crippen LogP contribution is 2.08. The van der Waals surface area contributed by atoms with E-state index in [-0.39, 0.29) is 0 Å². The second kappa shape index (κ2) is 9.05. The second-order valence-electron chi connectivity index (χ2n) is 5.82. The van der Waals surface area contributed by atoms with Crippen LogP contribution in [0.3, 0.4) is 0 Å². The molecule has 0 aromatic carbocycles. The van der Waals surface area contributed by atoms with Gasteiger partial charge in [0.05, 0.1) is 6.54 Å². The highest BCUT2D eigenvalue weighted by molar-refractivity contribution is 5.80. The molecule has 1 aliphatic heterocycles. The summed E-state index contributed by atoms with van der Waals surface area (Å²) in [7, 11) is 0. The van der Waals surface area contributed by atoms with Gasteiger partial charge in [0.25, 0.3) is 0 Å². The van der Waals surface area contributed by atoms with Crippen molar-refractivity contribution in [1.82, 2.24) is 20.4 Å². The fraction of sp³-hybridized carbons (Fsp3) is 0.812. The number of guanidine groups is 1. The van der Waals surface area contributed by atoms with E-state index in [0.29, 0.717) is 6.04 Å². The Kier molecular flexibility index (Phi) is 7.03. The zero-order valence-electron chi connectivity index (χ0n) is 13.6. The van der Waals surface area contributed by atoms with E-state index in [2.05, 4.69) is 46.4 Å². The Hall–Kier alpha value is -1.07. The van der Waals surface area contributed by atoms with E-state index in [9.17, 15) is 0 Å². The molecule has 0 unspecified atom stereocenters. The van der Waals surface area contributed by atoms with E-state index in [1.54, 1.807) is 0 Å². The number of nitrogens with one attached hydrogen (secondary N) is 2.